The number of carbonyl (C=O) groups is 3. The van der Waals surface area contributed by atoms with Crippen molar-refractivity contribution in [2.75, 3.05) is 26.8 Å². The molecular weight excluding hydrogens is 686 g/mol. The summed E-state index contributed by atoms with van der Waals surface area (Å²) >= 11 is 0. The number of amides is 3. The van der Waals surface area contributed by atoms with E-state index in [2.05, 4.69) is 10.2 Å². The zero-order chi connectivity index (χ0) is 37.4. The Morgan fingerprint density at radius 1 is 0.889 bits per heavy atom. The number of likely N-dealkylation sites (tertiary alicyclic amines) is 2. The van der Waals surface area contributed by atoms with Crippen molar-refractivity contribution >= 4 is 17.9 Å². The highest BCUT2D eigenvalue weighted by Crippen LogP contribution is 2.39. The second-order valence-electron chi connectivity index (χ2n) is 14.2. The Labute approximate surface area is 315 Å². The zero-order valence-electron chi connectivity index (χ0n) is 30.5. The lowest BCUT2D eigenvalue weighted by Gasteiger charge is -2.38. The number of carbonyl (C=O) groups excluding carboxylic acids is 3. The predicted octanol–water partition coefficient (Wildman–Crippen LogP) is 6.06. The van der Waals surface area contributed by atoms with Crippen LogP contribution >= 0.6 is 0 Å². The molecule has 4 aromatic rings. The van der Waals surface area contributed by atoms with Crippen molar-refractivity contribution in [2.45, 2.75) is 76.0 Å². The van der Waals surface area contributed by atoms with E-state index in [1.807, 2.05) is 103 Å². The van der Waals surface area contributed by atoms with Gasteiger partial charge >= 0.3 is 6.09 Å². The molecule has 3 amide bonds. The maximum atomic E-state index is 13.3. The monoisotopic (exact) mass is 733 g/mol. The SMILES string of the molecule is COC[C@@H]1CCCN1C[C@H]1C[C@@H](c2ccc(CO)cc2)O[C@@H](c2ccc(-c3ccccc3CN3C(=O)CC(NC(=O)OCc4ccccc4)C3=O)cc2)O1. The highest BCUT2D eigenvalue weighted by atomic mass is 16.7. The zero-order valence-corrected chi connectivity index (χ0v) is 30.5. The Morgan fingerprint density at radius 2 is 1.63 bits per heavy atom. The normalized spacial score (nSPS) is 23.1. The van der Waals surface area contributed by atoms with Crippen molar-refractivity contribution in [1.29, 1.82) is 0 Å². The number of nitrogens with one attached hydrogen (secondary N) is 1. The molecule has 282 valence electrons. The average molecular weight is 734 g/mol. The summed E-state index contributed by atoms with van der Waals surface area (Å²) in [6.45, 7) is 2.61. The summed E-state index contributed by atoms with van der Waals surface area (Å²) in [5.74, 6) is -0.825. The van der Waals surface area contributed by atoms with Crippen LogP contribution in [0, 0.1) is 0 Å². The minimum absolute atomic E-state index is 0.0140. The van der Waals surface area contributed by atoms with Gasteiger partial charge in [-0.15, -0.1) is 0 Å². The van der Waals surface area contributed by atoms with Crippen molar-refractivity contribution in [2.24, 2.45) is 0 Å². The Hall–Kier alpha value is -4.91. The minimum atomic E-state index is -0.987. The number of methoxy groups -OCH3 is 1. The number of aliphatic hydroxyl groups is 1. The van der Waals surface area contributed by atoms with Crippen LogP contribution in [-0.4, -0.2) is 77.8 Å². The lowest BCUT2D eigenvalue weighted by atomic mass is 9.97. The van der Waals surface area contributed by atoms with Crippen LogP contribution in [0.1, 0.15) is 65.9 Å². The van der Waals surface area contributed by atoms with Crippen LogP contribution in [0.3, 0.4) is 0 Å². The fraction of sp³-hybridized carbons (Fsp3) is 0.372. The molecule has 54 heavy (non-hydrogen) atoms. The molecule has 0 spiro atoms. The Balaban J connectivity index is 1.03. The molecule has 5 atom stereocenters. The van der Waals surface area contributed by atoms with Crippen LogP contribution in [0.15, 0.2) is 103 Å². The van der Waals surface area contributed by atoms with Crippen LogP contribution in [0.5, 0.6) is 0 Å². The van der Waals surface area contributed by atoms with Gasteiger partial charge in [-0.1, -0.05) is 103 Å². The fourth-order valence-corrected chi connectivity index (χ4v) is 7.61. The van der Waals surface area contributed by atoms with Gasteiger partial charge in [-0.05, 0) is 52.8 Å². The summed E-state index contributed by atoms with van der Waals surface area (Å²) < 4.78 is 24.0. The maximum Gasteiger partial charge on any atom is 0.408 e. The van der Waals surface area contributed by atoms with Crippen molar-refractivity contribution in [3.05, 3.63) is 131 Å². The number of benzene rings is 4. The summed E-state index contributed by atoms with van der Waals surface area (Å²) in [5, 5.41) is 12.1. The number of nitrogens with zero attached hydrogens (tertiary/aromatic N) is 2. The number of hydrogen-bond donors (Lipinski definition) is 2. The van der Waals surface area contributed by atoms with E-state index in [1.165, 1.54) is 4.90 Å². The molecular formula is C43H47N3O8. The Morgan fingerprint density at radius 3 is 2.39 bits per heavy atom. The molecule has 0 radical (unpaired) electrons. The number of hydrogen-bond acceptors (Lipinski definition) is 9. The summed E-state index contributed by atoms with van der Waals surface area (Å²) in [6, 6.07) is 32.2. The largest absolute Gasteiger partial charge is 0.445 e. The molecule has 0 bridgehead atoms. The second-order valence-corrected chi connectivity index (χ2v) is 14.2. The van der Waals surface area contributed by atoms with Gasteiger partial charge < -0.3 is 29.4 Å². The molecule has 11 heteroatoms. The van der Waals surface area contributed by atoms with Crippen molar-refractivity contribution in [3.63, 3.8) is 0 Å². The van der Waals surface area contributed by atoms with E-state index in [1.54, 1.807) is 7.11 Å². The number of alkyl carbamates (subject to hydrolysis) is 1. The van der Waals surface area contributed by atoms with Crippen molar-refractivity contribution < 1.29 is 38.4 Å². The van der Waals surface area contributed by atoms with E-state index < -0.39 is 24.3 Å². The maximum absolute atomic E-state index is 13.3. The lowest BCUT2D eigenvalue weighted by Crippen LogP contribution is -2.42. The first-order valence-electron chi connectivity index (χ1n) is 18.6. The summed E-state index contributed by atoms with van der Waals surface area (Å²) in [6.07, 6.45) is 1.22. The molecule has 11 nitrogen and oxygen atoms in total. The first kappa shape index (κ1) is 37.4. The van der Waals surface area contributed by atoms with Gasteiger partial charge in [0.2, 0.25) is 5.91 Å². The van der Waals surface area contributed by atoms with Crippen LogP contribution in [-0.2, 0) is 48.3 Å². The molecule has 3 heterocycles. The van der Waals surface area contributed by atoms with Gasteiger partial charge in [0.15, 0.2) is 6.29 Å². The van der Waals surface area contributed by atoms with E-state index in [0.29, 0.717) is 19.1 Å². The highest BCUT2D eigenvalue weighted by Gasteiger charge is 2.40. The molecule has 0 aromatic heterocycles. The van der Waals surface area contributed by atoms with Crippen molar-refractivity contribution in [1.82, 2.24) is 15.1 Å². The summed E-state index contributed by atoms with van der Waals surface area (Å²) in [7, 11) is 1.75. The van der Waals surface area contributed by atoms with Gasteiger partial charge in [-0.25, -0.2) is 4.79 Å². The lowest BCUT2D eigenvalue weighted by molar-refractivity contribution is -0.253. The molecule has 3 saturated heterocycles. The number of rotatable bonds is 13. The smallest absolute Gasteiger partial charge is 0.408 e. The second kappa shape index (κ2) is 17.5. The third-order valence-corrected chi connectivity index (χ3v) is 10.5. The minimum Gasteiger partial charge on any atom is -0.445 e. The van der Waals surface area contributed by atoms with Crippen molar-refractivity contribution in [3.8, 4) is 11.1 Å². The van der Waals surface area contributed by atoms with Gasteiger partial charge in [0.25, 0.3) is 5.91 Å². The van der Waals surface area contributed by atoms with Crippen LogP contribution in [0.2, 0.25) is 0 Å². The topological polar surface area (TPSA) is 127 Å². The molecule has 4 aromatic carbocycles. The number of aliphatic hydroxyl groups excluding tert-OH is 1. The van der Waals surface area contributed by atoms with Crippen LogP contribution in [0.25, 0.3) is 11.1 Å². The molecule has 3 aliphatic heterocycles. The van der Waals surface area contributed by atoms with E-state index in [9.17, 15) is 19.5 Å². The Bertz CT molecular complexity index is 1890. The van der Waals surface area contributed by atoms with Crippen LogP contribution in [0.4, 0.5) is 4.79 Å². The molecule has 3 fully saturated rings. The molecule has 0 saturated carbocycles. The van der Waals surface area contributed by atoms with E-state index >= 15 is 0 Å². The van der Waals surface area contributed by atoms with E-state index in [0.717, 1.165) is 64.9 Å². The van der Waals surface area contributed by atoms with Gasteiger partial charge in [0.05, 0.1) is 38.4 Å². The van der Waals surface area contributed by atoms with Gasteiger partial charge in [0.1, 0.15) is 12.6 Å². The van der Waals surface area contributed by atoms with E-state index in [4.69, 9.17) is 18.9 Å². The first-order valence-corrected chi connectivity index (χ1v) is 18.6. The predicted molar refractivity (Wildman–Crippen MR) is 200 cm³/mol. The van der Waals surface area contributed by atoms with Crippen LogP contribution < -0.4 is 5.32 Å². The number of ether oxygens (including phenoxy) is 4. The Kier molecular flexibility index (Phi) is 12.1. The first-order chi connectivity index (χ1) is 26.4. The third-order valence-electron chi connectivity index (χ3n) is 10.5. The molecule has 1 unspecified atom stereocenters. The quantitative estimate of drug-likeness (QED) is 0.158. The average Bonchev–Trinajstić information content (AvgIpc) is 3.75. The molecule has 3 aliphatic rings. The fourth-order valence-electron chi connectivity index (χ4n) is 7.61. The molecule has 2 N–H and O–H groups in total. The summed E-state index contributed by atoms with van der Waals surface area (Å²) in [5.41, 5.74) is 6.18. The highest BCUT2D eigenvalue weighted by molar-refractivity contribution is 6.06. The van der Waals surface area contributed by atoms with E-state index in [-0.39, 0.29) is 44.3 Å². The number of imide groups is 1. The summed E-state index contributed by atoms with van der Waals surface area (Å²) in [4.78, 5) is 42.5. The van der Waals surface area contributed by atoms with Gasteiger partial charge in [0, 0.05) is 31.7 Å². The van der Waals surface area contributed by atoms with Gasteiger partial charge in [-0.2, -0.15) is 0 Å². The molecule has 7 rings (SSSR count). The third kappa shape index (κ3) is 8.89. The van der Waals surface area contributed by atoms with Gasteiger partial charge in [-0.3, -0.25) is 19.4 Å². The molecule has 0 aliphatic carbocycles. The standard InChI is InChI=1S/C43H47N3O8/c1-51-28-35-11-7-21-45(35)25-36-22-39(32-15-13-29(26-47)14-16-32)54-42(53-36)33-19-17-31(18-20-33)37-12-6-5-10-34(37)24-46-40(48)23-38(41(46)49)44-43(50)52-27-30-8-3-2-4-9-30/h2-6,8-10,12-20,35-36,38-39,42,47H,7,11,21-28H2,1H3,(H,44,50)/t35-,36+,38?,39-,42-/m0/s1.